The van der Waals surface area contributed by atoms with E-state index in [4.69, 9.17) is 14.6 Å². The largest absolute Gasteiger partial charge is 0.394 e. The molecule has 0 radical (unpaired) electrons. The van der Waals surface area contributed by atoms with E-state index in [1.807, 2.05) is 0 Å². The zero-order valence-electron chi connectivity index (χ0n) is 9.17. The maximum atomic E-state index is 11.8. The molecular formula is C10H18O5S. The summed E-state index contributed by atoms with van der Waals surface area (Å²) in [6.07, 6.45) is 2.07. The Kier molecular flexibility index (Phi) is 3.84. The van der Waals surface area contributed by atoms with E-state index >= 15 is 0 Å². The van der Waals surface area contributed by atoms with Gasteiger partial charge in [-0.25, -0.2) is 8.42 Å². The second-order valence-corrected chi connectivity index (χ2v) is 6.82. The minimum atomic E-state index is -2.96. The molecule has 0 aliphatic carbocycles. The summed E-state index contributed by atoms with van der Waals surface area (Å²) in [6.45, 7) is 0.280. The van der Waals surface area contributed by atoms with Crippen molar-refractivity contribution in [3.8, 4) is 0 Å². The molecule has 0 spiro atoms. The third kappa shape index (κ3) is 2.74. The fourth-order valence-electron chi connectivity index (χ4n) is 2.23. The smallest absolute Gasteiger partial charge is 0.159 e. The lowest BCUT2D eigenvalue weighted by atomic mass is 10.1. The highest BCUT2D eigenvalue weighted by Crippen LogP contribution is 2.26. The van der Waals surface area contributed by atoms with Crippen LogP contribution in [-0.2, 0) is 19.3 Å². The lowest BCUT2D eigenvalue weighted by Gasteiger charge is -2.24. The van der Waals surface area contributed by atoms with Crippen LogP contribution >= 0.6 is 0 Å². The van der Waals surface area contributed by atoms with Gasteiger partial charge in [-0.15, -0.1) is 0 Å². The summed E-state index contributed by atoms with van der Waals surface area (Å²) in [6, 6.07) is 0. The second-order valence-electron chi connectivity index (χ2n) is 4.42. The molecule has 0 bridgehead atoms. The fraction of sp³-hybridized carbons (Fsp3) is 1.00. The predicted octanol–water partition coefficient (Wildman–Crippen LogP) is 0.0776. The van der Waals surface area contributed by atoms with Gasteiger partial charge in [0.1, 0.15) is 6.10 Å². The number of rotatable bonds is 3. The van der Waals surface area contributed by atoms with Crippen LogP contribution in [0.1, 0.15) is 25.7 Å². The Morgan fingerprint density at radius 1 is 1.31 bits per heavy atom. The zero-order chi connectivity index (χ0) is 11.6. The van der Waals surface area contributed by atoms with Crippen molar-refractivity contribution >= 4 is 9.84 Å². The molecule has 1 N–H and O–H groups in total. The van der Waals surface area contributed by atoms with Gasteiger partial charge in [-0.3, -0.25) is 0 Å². The molecule has 0 aromatic rings. The van der Waals surface area contributed by atoms with Crippen LogP contribution in [-0.4, -0.2) is 50.1 Å². The molecule has 94 valence electrons. The number of ether oxygens (including phenoxy) is 2. The van der Waals surface area contributed by atoms with Gasteiger partial charge in [-0.1, -0.05) is 6.42 Å². The highest BCUT2D eigenvalue weighted by atomic mass is 32.2. The lowest BCUT2D eigenvalue weighted by Crippen LogP contribution is -2.32. The fourth-order valence-corrected chi connectivity index (χ4v) is 4.14. The van der Waals surface area contributed by atoms with E-state index in [1.165, 1.54) is 0 Å². The first-order valence-electron chi connectivity index (χ1n) is 5.71. The summed E-state index contributed by atoms with van der Waals surface area (Å²) >= 11 is 0. The molecule has 6 heteroatoms. The number of hydrogen-bond donors (Lipinski definition) is 1. The Hall–Kier alpha value is -0.170. The minimum Gasteiger partial charge on any atom is -0.394 e. The van der Waals surface area contributed by atoms with Crippen molar-refractivity contribution in [3.05, 3.63) is 0 Å². The van der Waals surface area contributed by atoms with Crippen molar-refractivity contribution in [2.75, 3.05) is 19.0 Å². The summed E-state index contributed by atoms with van der Waals surface area (Å²) in [5.74, 6) is 0.286. The number of aliphatic hydroxyl groups is 1. The van der Waals surface area contributed by atoms with Crippen LogP contribution in [0.5, 0.6) is 0 Å². The third-order valence-corrected chi connectivity index (χ3v) is 5.49. The Balaban J connectivity index is 1.89. The maximum Gasteiger partial charge on any atom is 0.159 e. The average molecular weight is 250 g/mol. The Bertz CT molecular complexity index is 326. The maximum absolute atomic E-state index is 11.8. The summed E-state index contributed by atoms with van der Waals surface area (Å²) in [5.41, 5.74) is 0. The van der Waals surface area contributed by atoms with Crippen LogP contribution in [0.4, 0.5) is 0 Å². The first-order chi connectivity index (χ1) is 7.62. The van der Waals surface area contributed by atoms with Crippen molar-refractivity contribution in [1.82, 2.24) is 0 Å². The molecule has 0 saturated carbocycles. The first kappa shape index (κ1) is 12.3. The van der Waals surface area contributed by atoms with Gasteiger partial charge in [-0.2, -0.15) is 0 Å². The van der Waals surface area contributed by atoms with Crippen molar-refractivity contribution in [2.45, 2.75) is 43.3 Å². The monoisotopic (exact) mass is 250 g/mol. The van der Waals surface area contributed by atoms with E-state index in [2.05, 4.69) is 0 Å². The number of sulfone groups is 1. The van der Waals surface area contributed by atoms with Crippen molar-refractivity contribution in [2.24, 2.45) is 0 Å². The highest BCUT2D eigenvalue weighted by molar-refractivity contribution is 7.92. The molecule has 2 aliphatic heterocycles. The molecule has 2 fully saturated rings. The van der Waals surface area contributed by atoms with E-state index in [-0.39, 0.29) is 23.7 Å². The third-order valence-electron chi connectivity index (χ3n) is 3.18. The van der Waals surface area contributed by atoms with E-state index in [9.17, 15) is 8.42 Å². The van der Waals surface area contributed by atoms with Gasteiger partial charge in [-0.05, 0) is 12.8 Å². The molecule has 2 saturated heterocycles. The van der Waals surface area contributed by atoms with Gasteiger partial charge >= 0.3 is 0 Å². The molecular weight excluding hydrogens is 232 g/mol. The molecule has 2 heterocycles. The quantitative estimate of drug-likeness (QED) is 0.768. The normalized spacial score (nSPS) is 38.7. The van der Waals surface area contributed by atoms with Crippen molar-refractivity contribution in [3.63, 3.8) is 0 Å². The minimum absolute atomic E-state index is 0.0755. The second kappa shape index (κ2) is 5.00. The number of aliphatic hydroxyl groups excluding tert-OH is 1. The lowest BCUT2D eigenvalue weighted by molar-refractivity contribution is -0.0696. The summed E-state index contributed by atoms with van der Waals surface area (Å²) in [7, 11) is -2.96. The van der Waals surface area contributed by atoms with Crippen LogP contribution in [0.25, 0.3) is 0 Å². The van der Waals surface area contributed by atoms with Crippen molar-refractivity contribution < 1.29 is 23.0 Å². The van der Waals surface area contributed by atoms with Crippen LogP contribution in [0.2, 0.25) is 0 Å². The van der Waals surface area contributed by atoms with E-state index in [0.29, 0.717) is 19.4 Å². The van der Waals surface area contributed by atoms with Gasteiger partial charge in [0.05, 0.1) is 24.2 Å². The molecule has 16 heavy (non-hydrogen) atoms. The van der Waals surface area contributed by atoms with Crippen LogP contribution in [0.15, 0.2) is 0 Å². The molecule has 0 aromatic carbocycles. The topological polar surface area (TPSA) is 72.8 Å². The zero-order valence-corrected chi connectivity index (χ0v) is 9.99. The van der Waals surface area contributed by atoms with Gasteiger partial charge in [0, 0.05) is 6.42 Å². The Morgan fingerprint density at radius 2 is 2.12 bits per heavy atom. The van der Waals surface area contributed by atoms with Gasteiger partial charge < -0.3 is 14.6 Å². The highest BCUT2D eigenvalue weighted by Gasteiger charge is 2.34. The SMILES string of the molecule is O=S1(=O)CCCCC1CC1OCC(CO)O1. The molecule has 2 rings (SSSR count). The average Bonchev–Trinajstić information content (AvgIpc) is 2.69. The summed E-state index contributed by atoms with van der Waals surface area (Å²) in [4.78, 5) is 0. The molecule has 2 aliphatic rings. The summed E-state index contributed by atoms with van der Waals surface area (Å²) < 4.78 is 34.2. The molecule has 3 unspecified atom stereocenters. The molecule has 5 nitrogen and oxygen atoms in total. The standard InChI is InChI=1S/C10H18O5S/c11-6-8-7-14-10(15-8)5-9-3-1-2-4-16(9,12)13/h8-11H,1-7H2. The van der Waals surface area contributed by atoms with Gasteiger partial charge in [0.25, 0.3) is 0 Å². The van der Waals surface area contributed by atoms with Gasteiger partial charge in [0.15, 0.2) is 16.1 Å². The molecule has 0 amide bonds. The Labute approximate surface area is 95.7 Å². The molecule has 3 atom stereocenters. The Morgan fingerprint density at radius 3 is 2.75 bits per heavy atom. The first-order valence-corrected chi connectivity index (χ1v) is 7.43. The van der Waals surface area contributed by atoms with Crippen molar-refractivity contribution in [1.29, 1.82) is 0 Å². The van der Waals surface area contributed by atoms with E-state index in [0.717, 1.165) is 12.8 Å². The molecule has 0 aromatic heterocycles. The summed E-state index contributed by atoms with van der Waals surface area (Å²) in [5, 5.41) is 8.54. The van der Waals surface area contributed by atoms with Crippen LogP contribution in [0, 0.1) is 0 Å². The van der Waals surface area contributed by atoms with E-state index < -0.39 is 16.1 Å². The predicted molar refractivity (Wildman–Crippen MR) is 57.7 cm³/mol. The van der Waals surface area contributed by atoms with Crippen LogP contribution in [0.3, 0.4) is 0 Å². The number of hydrogen-bond acceptors (Lipinski definition) is 5. The van der Waals surface area contributed by atoms with E-state index in [1.54, 1.807) is 0 Å². The van der Waals surface area contributed by atoms with Gasteiger partial charge in [0.2, 0.25) is 0 Å². The van der Waals surface area contributed by atoms with Crippen LogP contribution < -0.4 is 0 Å².